The van der Waals surface area contributed by atoms with E-state index in [9.17, 15) is 4.79 Å². The molecule has 1 aliphatic carbocycles. The molecule has 3 fully saturated rings. The smallest absolute Gasteiger partial charge is 0.317 e. The Hall–Kier alpha value is -0.810. The lowest BCUT2D eigenvalue weighted by Gasteiger charge is -2.58. The molecule has 0 spiro atoms. The Bertz CT molecular complexity index is 407. The van der Waals surface area contributed by atoms with E-state index in [4.69, 9.17) is 9.47 Å². The normalized spacial score (nSPS) is 35.8. The van der Waals surface area contributed by atoms with Crippen molar-refractivity contribution < 1.29 is 14.3 Å². The number of carbonyl (C=O) groups is 1. The van der Waals surface area contributed by atoms with Crippen molar-refractivity contribution in [2.24, 2.45) is 11.3 Å². The molecule has 126 valence electrons. The van der Waals surface area contributed by atoms with Crippen LogP contribution < -0.4 is 5.32 Å². The van der Waals surface area contributed by atoms with Gasteiger partial charge in [-0.15, -0.1) is 0 Å². The third-order valence-corrected chi connectivity index (χ3v) is 5.60. The summed E-state index contributed by atoms with van der Waals surface area (Å²) >= 11 is 0. The summed E-state index contributed by atoms with van der Waals surface area (Å²) < 4.78 is 11.5. The highest BCUT2D eigenvalue weighted by Gasteiger charge is 2.62. The van der Waals surface area contributed by atoms with E-state index in [2.05, 4.69) is 31.0 Å². The minimum Gasteiger partial charge on any atom is -0.377 e. The lowest BCUT2D eigenvalue weighted by atomic mass is 9.56. The van der Waals surface area contributed by atoms with Crippen molar-refractivity contribution in [3.63, 3.8) is 0 Å². The van der Waals surface area contributed by atoms with Crippen molar-refractivity contribution in [1.82, 2.24) is 10.2 Å². The van der Waals surface area contributed by atoms with Crippen LogP contribution in [0.5, 0.6) is 0 Å². The Morgan fingerprint density at radius 3 is 2.77 bits per heavy atom. The first-order valence-electron chi connectivity index (χ1n) is 8.83. The number of fused-ring (bicyclic) bond motifs is 1. The number of nitrogens with zero attached hydrogens (tertiary/aromatic N) is 1. The molecule has 0 aromatic carbocycles. The fraction of sp³-hybridized carbons (Fsp3) is 0.941. The van der Waals surface area contributed by atoms with E-state index in [0.717, 1.165) is 45.4 Å². The summed E-state index contributed by atoms with van der Waals surface area (Å²) in [6.45, 7) is 9.73. The van der Waals surface area contributed by atoms with Crippen molar-refractivity contribution in [2.45, 2.75) is 64.7 Å². The fourth-order valence-electron chi connectivity index (χ4n) is 4.65. The molecule has 1 N–H and O–H groups in total. The summed E-state index contributed by atoms with van der Waals surface area (Å²) in [5.41, 5.74) is 0.0531. The largest absolute Gasteiger partial charge is 0.377 e. The van der Waals surface area contributed by atoms with Crippen molar-refractivity contribution in [3.05, 3.63) is 0 Å². The zero-order valence-electron chi connectivity index (χ0n) is 14.1. The van der Waals surface area contributed by atoms with Crippen LogP contribution >= 0.6 is 0 Å². The van der Waals surface area contributed by atoms with Crippen molar-refractivity contribution >= 4 is 6.03 Å². The molecule has 0 radical (unpaired) electrons. The van der Waals surface area contributed by atoms with E-state index >= 15 is 0 Å². The molecule has 5 heteroatoms. The number of rotatable bonds is 5. The average Bonchev–Trinajstić information content (AvgIpc) is 3.14. The molecule has 0 bridgehead atoms. The summed E-state index contributed by atoms with van der Waals surface area (Å²) in [6, 6.07) is 0.366. The minimum atomic E-state index is 0.0531. The van der Waals surface area contributed by atoms with Gasteiger partial charge < -0.3 is 19.7 Å². The molecule has 22 heavy (non-hydrogen) atoms. The van der Waals surface area contributed by atoms with Crippen LogP contribution in [0.1, 0.15) is 46.5 Å². The van der Waals surface area contributed by atoms with E-state index in [1.165, 1.54) is 0 Å². The van der Waals surface area contributed by atoms with E-state index in [-0.39, 0.29) is 17.6 Å². The molecule has 5 nitrogen and oxygen atoms in total. The second-order valence-electron chi connectivity index (χ2n) is 7.52. The van der Waals surface area contributed by atoms with E-state index in [1.54, 1.807) is 0 Å². The van der Waals surface area contributed by atoms with Crippen molar-refractivity contribution in [3.8, 4) is 0 Å². The number of urea groups is 1. The lowest BCUT2D eigenvalue weighted by molar-refractivity contribution is -0.143. The molecule has 1 saturated carbocycles. The van der Waals surface area contributed by atoms with Gasteiger partial charge in [-0.2, -0.15) is 0 Å². The average molecular weight is 310 g/mol. The molecular formula is C17H30N2O3. The molecule has 3 rings (SSSR count). The van der Waals surface area contributed by atoms with Gasteiger partial charge in [0.25, 0.3) is 0 Å². The fourth-order valence-corrected chi connectivity index (χ4v) is 4.65. The molecular weight excluding hydrogens is 280 g/mol. The maximum atomic E-state index is 12.7. The van der Waals surface area contributed by atoms with E-state index < -0.39 is 0 Å². The predicted octanol–water partition coefficient (Wildman–Crippen LogP) is 2.40. The molecule has 0 aromatic rings. The summed E-state index contributed by atoms with van der Waals surface area (Å²) in [5.74, 6) is 0.509. The van der Waals surface area contributed by atoms with Gasteiger partial charge in [0.1, 0.15) is 0 Å². The molecule has 2 amide bonds. The van der Waals surface area contributed by atoms with Crippen LogP contribution in [0.3, 0.4) is 0 Å². The Morgan fingerprint density at radius 1 is 1.27 bits per heavy atom. The van der Waals surface area contributed by atoms with Gasteiger partial charge >= 0.3 is 6.03 Å². The molecule has 2 saturated heterocycles. The first-order chi connectivity index (χ1) is 10.6. The maximum absolute atomic E-state index is 12.7. The number of nitrogens with one attached hydrogen (secondary N) is 1. The second kappa shape index (κ2) is 6.36. The van der Waals surface area contributed by atoms with Crippen LogP contribution in [0.2, 0.25) is 0 Å². The van der Waals surface area contributed by atoms with Crippen molar-refractivity contribution in [2.75, 3.05) is 26.3 Å². The van der Waals surface area contributed by atoms with Crippen LogP contribution in [0.4, 0.5) is 4.79 Å². The van der Waals surface area contributed by atoms with Crippen LogP contribution in [0.25, 0.3) is 0 Å². The Labute approximate surface area is 133 Å². The maximum Gasteiger partial charge on any atom is 0.317 e. The SMILES string of the molecule is CCCN(C(=O)NCC1CCCO1)C1C2CCOC2C1(C)C. The van der Waals surface area contributed by atoms with Gasteiger partial charge in [-0.05, 0) is 25.7 Å². The van der Waals surface area contributed by atoms with E-state index in [0.29, 0.717) is 24.6 Å². The zero-order chi connectivity index (χ0) is 15.7. The highest BCUT2D eigenvalue weighted by molar-refractivity contribution is 5.75. The third-order valence-electron chi connectivity index (χ3n) is 5.60. The van der Waals surface area contributed by atoms with Gasteiger partial charge in [-0.1, -0.05) is 20.8 Å². The molecule has 3 aliphatic rings. The van der Waals surface area contributed by atoms with Crippen LogP contribution in [0, 0.1) is 11.3 Å². The Morgan fingerprint density at radius 2 is 2.09 bits per heavy atom. The van der Waals surface area contributed by atoms with Gasteiger partial charge in [0.05, 0.1) is 12.2 Å². The predicted molar refractivity (Wildman–Crippen MR) is 84.8 cm³/mol. The van der Waals surface area contributed by atoms with Gasteiger partial charge in [0.15, 0.2) is 0 Å². The number of hydrogen-bond donors (Lipinski definition) is 1. The summed E-state index contributed by atoms with van der Waals surface area (Å²) in [6.07, 6.45) is 4.75. The molecule has 4 atom stereocenters. The van der Waals surface area contributed by atoms with Gasteiger partial charge in [-0.25, -0.2) is 4.79 Å². The van der Waals surface area contributed by atoms with Gasteiger partial charge in [0, 0.05) is 43.7 Å². The summed E-state index contributed by atoms with van der Waals surface area (Å²) in [5, 5.41) is 3.10. The first kappa shape index (κ1) is 16.1. The number of ether oxygens (including phenoxy) is 2. The zero-order valence-corrected chi connectivity index (χ0v) is 14.1. The highest BCUT2D eigenvalue weighted by Crippen LogP contribution is 2.54. The second-order valence-corrected chi connectivity index (χ2v) is 7.52. The number of hydrogen-bond acceptors (Lipinski definition) is 3. The Kier molecular flexibility index (Phi) is 4.64. The summed E-state index contributed by atoms with van der Waals surface area (Å²) in [4.78, 5) is 14.8. The van der Waals surface area contributed by atoms with Crippen LogP contribution in [-0.2, 0) is 9.47 Å². The first-order valence-corrected chi connectivity index (χ1v) is 8.83. The third kappa shape index (κ3) is 2.73. The number of carbonyl (C=O) groups excluding carboxylic acids is 1. The highest BCUT2D eigenvalue weighted by atomic mass is 16.5. The molecule has 4 unspecified atom stereocenters. The molecule has 0 aromatic heterocycles. The monoisotopic (exact) mass is 310 g/mol. The van der Waals surface area contributed by atoms with Crippen LogP contribution in [-0.4, -0.2) is 55.5 Å². The van der Waals surface area contributed by atoms with Gasteiger partial charge in [0.2, 0.25) is 0 Å². The standard InChI is InChI=1S/C17H30N2O3/c1-4-8-19(16(20)18-11-12-6-5-9-21-12)14-13-7-10-22-15(13)17(14,2)3/h12-15H,4-11H2,1-3H3,(H,18,20). The lowest BCUT2D eigenvalue weighted by Crippen LogP contribution is -2.69. The minimum absolute atomic E-state index is 0.0531. The number of amides is 2. The van der Waals surface area contributed by atoms with E-state index in [1.807, 2.05) is 0 Å². The molecule has 2 aliphatic heterocycles. The topological polar surface area (TPSA) is 50.8 Å². The molecule has 2 heterocycles. The summed E-state index contributed by atoms with van der Waals surface area (Å²) in [7, 11) is 0. The Balaban J connectivity index is 1.62. The van der Waals surface area contributed by atoms with Crippen LogP contribution in [0.15, 0.2) is 0 Å². The quantitative estimate of drug-likeness (QED) is 0.848. The van der Waals surface area contributed by atoms with Crippen molar-refractivity contribution in [1.29, 1.82) is 0 Å². The van der Waals surface area contributed by atoms with Gasteiger partial charge in [-0.3, -0.25) is 0 Å².